The van der Waals surface area contributed by atoms with Gasteiger partial charge in [0.05, 0.1) is 11.5 Å². The van der Waals surface area contributed by atoms with Gasteiger partial charge in [0.15, 0.2) is 9.84 Å². The van der Waals surface area contributed by atoms with Crippen molar-refractivity contribution in [1.29, 1.82) is 0 Å². The SMILES string of the molecule is CCc1ccccc1NC1CCCS(=O)(=O)C1. The van der Waals surface area contributed by atoms with Gasteiger partial charge in [0.25, 0.3) is 0 Å². The second kappa shape index (κ2) is 5.08. The summed E-state index contributed by atoms with van der Waals surface area (Å²) in [6.45, 7) is 2.11. The molecule has 2 rings (SSSR count). The number of aryl methyl sites for hydroxylation is 1. The fraction of sp³-hybridized carbons (Fsp3) is 0.538. The molecular weight excluding hydrogens is 234 g/mol. The third kappa shape index (κ3) is 3.22. The van der Waals surface area contributed by atoms with Crippen molar-refractivity contribution in [2.75, 3.05) is 16.8 Å². The van der Waals surface area contributed by atoms with Crippen LogP contribution in [0, 0.1) is 0 Å². The number of hydrogen-bond donors (Lipinski definition) is 1. The highest BCUT2D eigenvalue weighted by Crippen LogP contribution is 2.21. The Morgan fingerprint density at radius 3 is 2.82 bits per heavy atom. The molecule has 0 saturated carbocycles. The van der Waals surface area contributed by atoms with Gasteiger partial charge >= 0.3 is 0 Å². The lowest BCUT2D eigenvalue weighted by Crippen LogP contribution is -2.35. The van der Waals surface area contributed by atoms with Crippen LogP contribution in [-0.2, 0) is 16.3 Å². The van der Waals surface area contributed by atoms with Crippen molar-refractivity contribution in [3.8, 4) is 0 Å². The van der Waals surface area contributed by atoms with E-state index in [4.69, 9.17) is 0 Å². The van der Waals surface area contributed by atoms with E-state index in [0.29, 0.717) is 5.75 Å². The quantitative estimate of drug-likeness (QED) is 0.898. The summed E-state index contributed by atoms with van der Waals surface area (Å²) in [6.07, 6.45) is 2.67. The highest BCUT2D eigenvalue weighted by atomic mass is 32.2. The summed E-state index contributed by atoms with van der Waals surface area (Å²) in [6, 6.07) is 8.18. The Morgan fingerprint density at radius 2 is 2.12 bits per heavy atom. The molecule has 0 radical (unpaired) electrons. The lowest BCUT2D eigenvalue weighted by atomic mass is 10.1. The molecule has 1 saturated heterocycles. The summed E-state index contributed by atoms with van der Waals surface area (Å²) in [5.41, 5.74) is 2.33. The minimum atomic E-state index is -2.83. The van der Waals surface area contributed by atoms with Crippen LogP contribution >= 0.6 is 0 Å². The lowest BCUT2D eigenvalue weighted by Gasteiger charge is -2.25. The Bertz CT molecular complexity index is 482. The Morgan fingerprint density at radius 1 is 1.35 bits per heavy atom. The maximum absolute atomic E-state index is 11.6. The minimum absolute atomic E-state index is 0.0708. The average Bonchev–Trinajstić information content (AvgIpc) is 2.28. The van der Waals surface area contributed by atoms with Crippen molar-refractivity contribution in [3.05, 3.63) is 29.8 Å². The van der Waals surface area contributed by atoms with E-state index in [-0.39, 0.29) is 11.8 Å². The van der Waals surface area contributed by atoms with Crippen LogP contribution in [0.25, 0.3) is 0 Å². The van der Waals surface area contributed by atoms with Crippen LogP contribution in [-0.4, -0.2) is 26.0 Å². The summed E-state index contributed by atoms with van der Waals surface area (Å²) in [5.74, 6) is 0.617. The van der Waals surface area contributed by atoms with Crippen LogP contribution in [0.5, 0.6) is 0 Å². The van der Waals surface area contributed by atoms with E-state index < -0.39 is 9.84 Å². The first-order valence-electron chi connectivity index (χ1n) is 6.15. The van der Waals surface area contributed by atoms with Gasteiger partial charge in [-0.15, -0.1) is 0 Å². The third-order valence-electron chi connectivity index (χ3n) is 3.22. The summed E-state index contributed by atoms with van der Waals surface area (Å²) in [7, 11) is -2.83. The van der Waals surface area contributed by atoms with Gasteiger partial charge < -0.3 is 5.32 Å². The molecule has 3 nitrogen and oxygen atoms in total. The topological polar surface area (TPSA) is 46.2 Å². The summed E-state index contributed by atoms with van der Waals surface area (Å²) in [5, 5.41) is 3.38. The number of benzene rings is 1. The molecule has 1 fully saturated rings. The van der Waals surface area contributed by atoms with E-state index in [1.807, 2.05) is 18.2 Å². The Kier molecular flexibility index (Phi) is 3.72. The van der Waals surface area contributed by atoms with E-state index in [2.05, 4.69) is 18.3 Å². The zero-order chi connectivity index (χ0) is 12.3. The van der Waals surface area contributed by atoms with Gasteiger partial charge in [0.1, 0.15) is 0 Å². The summed E-state index contributed by atoms with van der Waals surface area (Å²) in [4.78, 5) is 0. The van der Waals surface area contributed by atoms with E-state index in [1.54, 1.807) is 0 Å². The fourth-order valence-electron chi connectivity index (χ4n) is 2.33. The molecule has 0 amide bonds. The van der Waals surface area contributed by atoms with Crippen molar-refractivity contribution < 1.29 is 8.42 Å². The van der Waals surface area contributed by atoms with E-state index in [0.717, 1.165) is 24.9 Å². The predicted octanol–water partition coefficient (Wildman–Crippen LogP) is 2.24. The largest absolute Gasteiger partial charge is 0.381 e. The van der Waals surface area contributed by atoms with Gasteiger partial charge in [0.2, 0.25) is 0 Å². The molecule has 0 aliphatic carbocycles. The van der Waals surface area contributed by atoms with Gasteiger partial charge in [-0.3, -0.25) is 0 Å². The summed E-state index contributed by atoms with van der Waals surface area (Å²) >= 11 is 0. The summed E-state index contributed by atoms with van der Waals surface area (Å²) < 4.78 is 23.1. The molecule has 1 unspecified atom stereocenters. The van der Waals surface area contributed by atoms with Crippen LogP contribution in [0.2, 0.25) is 0 Å². The van der Waals surface area contributed by atoms with Crippen LogP contribution < -0.4 is 5.32 Å². The van der Waals surface area contributed by atoms with Gasteiger partial charge in [-0.1, -0.05) is 25.1 Å². The van der Waals surface area contributed by atoms with E-state index in [1.165, 1.54) is 5.56 Å². The maximum Gasteiger partial charge on any atom is 0.152 e. The van der Waals surface area contributed by atoms with E-state index in [9.17, 15) is 8.42 Å². The maximum atomic E-state index is 11.6. The molecule has 1 aromatic carbocycles. The Balaban J connectivity index is 2.10. The molecule has 0 spiro atoms. The minimum Gasteiger partial charge on any atom is -0.381 e. The second-order valence-electron chi connectivity index (χ2n) is 4.61. The van der Waals surface area contributed by atoms with Crippen LogP contribution in [0.3, 0.4) is 0 Å². The number of hydrogen-bond acceptors (Lipinski definition) is 3. The van der Waals surface area contributed by atoms with Crippen molar-refractivity contribution >= 4 is 15.5 Å². The highest BCUT2D eigenvalue weighted by Gasteiger charge is 2.24. The average molecular weight is 253 g/mol. The van der Waals surface area contributed by atoms with Gasteiger partial charge in [-0.25, -0.2) is 8.42 Å². The number of anilines is 1. The molecule has 1 aliphatic rings. The Labute approximate surface area is 103 Å². The first-order valence-corrected chi connectivity index (χ1v) is 7.98. The Hall–Kier alpha value is -1.03. The molecule has 4 heteroatoms. The molecule has 0 aromatic heterocycles. The van der Waals surface area contributed by atoms with E-state index >= 15 is 0 Å². The first kappa shape index (κ1) is 12.4. The molecular formula is C13H19NO2S. The normalized spacial score (nSPS) is 23.2. The zero-order valence-electron chi connectivity index (χ0n) is 10.1. The predicted molar refractivity (Wildman–Crippen MR) is 71.1 cm³/mol. The van der Waals surface area contributed by atoms with Gasteiger partial charge in [-0.2, -0.15) is 0 Å². The molecule has 1 heterocycles. The van der Waals surface area contributed by atoms with Crippen molar-refractivity contribution in [2.24, 2.45) is 0 Å². The molecule has 1 aliphatic heterocycles. The monoisotopic (exact) mass is 253 g/mol. The zero-order valence-corrected chi connectivity index (χ0v) is 11.0. The van der Waals surface area contributed by atoms with Gasteiger partial charge in [-0.05, 0) is 30.9 Å². The van der Waals surface area contributed by atoms with Crippen molar-refractivity contribution in [2.45, 2.75) is 32.2 Å². The number of para-hydroxylation sites is 1. The lowest BCUT2D eigenvalue weighted by molar-refractivity contribution is 0.562. The smallest absolute Gasteiger partial charge is 0.152 e. The highest BCUT2D eigenvalue weighted by molar-refractivity contribution is 7.91. The van der Waals surface area contributed by atoms with Crippen molar-refractivity contribution in [1.82, 2.24) is 0 Å². The van der Waals surface area contributed by atoms with Crippen LogP contribution in [0.4, 0.5) is 5.69 Å². The fourth-order valence-corrected chi connectivity index (χ4v) is 3.96. The molecule has 1 N–H and O–H groups in total. The number of nitrogens with one attached hydrogen (secondary N) is 1. The third-order valence-corrected chi connectivity index (χ3v) is 5.04. The van der Waals surface area contributed by atoms with Crippen molar-refractivity contribution in [3.63, 3.8) is 0 Å². The molecule has 94 valence electrons. The number of sulfone groups is 1. The molecule has 17 heavy (non-hydrogen) atoms. The van der Waals surface area contributed by atoms with Crippen LogP contribution in [0.15, 0.2) is 24.3 Å². The first-order chi connectivity index (χ1) is 8.11. The van der Waals surface area contributed by atoms with Gasteiger partial charge in [0, 0.05) is 11.7 Å². The number of rotatable bonds is 3. The standard InChI is InChI=1S/C13H19NO2S/c1-2-11-6-3-4-8-13(11)14-12-7-5-9-17(15,16)10-12/h3-4,6,8,12,14H,2,5,7,9-10H2,1H3. The van der Waals surface area contributed by atoms with Crippen LogP contribution in [0.1, 0.15) is 25.3 Å². The molecule has 1 atom stereocenters. The molecule has 1 aromatic rings. The second-order valence-corrected chi connectivity index (χ2v) is 6.84. The molecule has 0 bridgehead atoms.